The van der Waals surface area contributed by atoms with Crippen molar-refractivity contribution in [3.8, 4) is 11.8 Å². The molecule has 0 aliphatic heterocycles. The lowest BCUT2D eigenvalue weighted by atomic mass is 9.95. The molecule has 0 unspecified atom stereocenters. The summed E-state index contributed by atoms with van der Waals surface area (Å²) in [5.41, 5.74) is 6.09. The second-order valence-electron chi connectivity index (χ2n) is 3.96. The summed E-state index contributed by atoms with van der Waals surface area (Å²) in [7, 11) is 0. The van der Waals surface area contributed by atoms with Gasteiger partial charge in [0.2, 0.25) is 5.88 Å². The van der Waals surface area contributed by atoms with Crippen LogP contribution in [-0.2, 0) is 0 Å². The Morgan fingerprint density at radius 1 is 1.33 bits per heavy atom. The lowest BCUT2D eigenvalue weighted by Crippen LogP contribution is -2.35. The first-order chi connectivity index (χ1) is 6.86. The Labute approximate surface area is 87.9 Å². The van der Waals surface area contributed by atoms with Crippen LogP contribution in [0.2, 0.25) is 0 Å². The average Bonchev–Trinajstić information content (AvgIpc) is 2.39. The molecule has 0 radical (unpaired) electrons. The molecule has 0 aromatic carbocycles. The molecule has 0 bridgehead atoms. The van der Waals surface area contributed by atoms with Gasteiger partial charge in [0, 0.05) is 5.56 Å². The van der Waals surface area contributed by atoms with Crippen LogP contribution >= 0.6 is 0 Å². The Bertz CT molecular complexity index is 382. The molecule has 5 heteroatoms. The average molecular weight is 212 g/mol. The number of hydrogen-bond donors (Lipinski definition) is 4. The summed E-state index contributed by atoms with van der Waals surface area (Å²) in [6.45, 7) is 5.19. The Balaban J connectivity index is 3.11. The maximum absolute atomic E-state index is 11.8. The highest BCUT2D eigenvalue weighted by molar-refractivity contribution is 6.03. The second-order valence-corrected chi connectivity index (χ2v) is 3.96. The first-order valence-corrected chi connectivity index (χ1v) is 4.76. The van der Waals surface area contributed by atoms with E-state index in [-0.39, 0.29) is 29.0 Å². The van der Waals surface area contributed by atoms with E-state index in [4.69, 9.17) is 5.73 Å². The number of H-pyrrole nitrogens is 1. The second kappa shape index (κ2) is 3.94. The van der Waals surface area contributed by atoms with Crippen molar-refractivity contribution in [3.63, 3.8) is 0 Å². The molecule has 5 N–H and O–H groups in total. The third-order valence-corrected chi connectivity index (χ3v) is 2.47. The van der Waals surface area contributed by atoms with Gasteiger partial charge in [-0.2, -0.15) is 0 Å². The van der Waals surface area contributed by atoms with Crippen LogP contribution in [0.5, 0.6) is 11.8 Å². The number of nitrogens with one attached hydrogen (secondary N) is 1. The molecular formula is C10H16N2O3. The van der Waals surface area contributed by atoms with Crippen LogP contribution in [0.4, 0.5) is 0 Å². The highest BCUT2D eigenvalue weighted by Crippen LogP contribution is 2.29. The van der Waals surface area contributed by atoms with Crippen LogP contribution in [0.1, 0.15) is 29.8 Å². The molecule has 0 aliphatic rings. The Morgan fingerprint density at radius 2 is 1.87 bits per heavy atom. The number of carbonyl (C=O) groups is 1. The Kier molecular flexibility index (Phi) is 3.04. The number of hydrogen-bond acceptors (Lipinski definition) is 4. The van der Waals surface area contributed by atoms with Crippen molar-refractivity contribution in [2.45, 2.75) is 26.8 Å². The molecule has 0 amide bonds. The minimum absolute atomic E-state index is 0.0201. The molecule has 1 atom stereocenters. The molecule has 1 heterocycles. The fourth-order valence-corrected chi connectivity index (χ4v) is 1.34. The van der Waals surface area contributed by atoms with E-state index in [2.05, 4.69) is 4.98 Å². The van der Waals surface area contributed by atoms with Crippen molar-refractivity contribution in [1.82, 2.24) is 4.98 Å². The maximum atomic E-state index is 11.8. The quantitative estimate of drug-likeness (QED) is 0.559. The Hall–Kier alpha value is -1.49. The van der Waals surface area contributed by atoms with E-state index < -0.39 is 6.04 Å². The molecule has 0 saturated carbocycles. The van der Waals surface area contributed by atoms with Crippen molar-refractivity contribution in [1.29, 1.82) is 0 Å². The zero-order chi connectivity index (χ0) is 11.7. The number of nitrogens with two attached hydrogens (primary N) is 1. The fourth-order valence-electron chi connectivity index (χ4n) is 1.34. The van der Waals surface area contributed by atoms with Gasteiger partial charge in [0.05, 0.1) is 11.6 Å². The summed E-state index contributed by atoms with van der Waals surface area (Å²) in [6.07, 6.45) is 0. The van der Waals surface area contributed by atoms with Crippen LogP contribution in [-0.4, -0.2) is 27.0 Å². The normalized spacial score (nSPS) is 13.1. The minimum atomic E-state index is -0.676. The Morgan fingerprint density at radius 3 is 2.20 bits per heavy atom. The molecule has 0 fully saturated rings. The summed E-state index contributed by atoms with van der Waals surface area (Å²) in [5.74, 6) is -0.914. The third kappa shape index (κ3) is 1.97. The molecule has 5 nitrogen and oxygen atoms in total. The predicted molar refractivity (Wildman–Crippen MR) is 56.0 cm³/mol. The van der Waals surface area contributed by atoms with Gasteiger partial charge in [-0.25, -0.2) is 0 Å². The number of Topliss-reactive ketones (excluding diaryl/α,β-unsaturated/α-hetero) is 1. The largest absolute Gasteiger partial charge is 0.494 e. The van der Waals surface area contributed by atoms with Crippen molar-refractivity contribution in [3.05, 3.63) is 11.1 Å². The predicted octanol–water partition coefficient (Wildman–Crippen LogP) is 0.900. The molecular weight excluding hydrogens is 196 g/mol. The van der Waals surface area contributed by atoms with Gasteiger partial charge in [0.1, 0.15) is 0 Å². The number of carbonyl (C=O) groups excluding carboxylic acids is 1. The van der Waals surface area contributed by atoms with Crippen LogP contribution in [0.3, 0.4) is 0 Å². The molecule has 84 valence electrons. The van der Waals surface area contributed by atoms with Gasteiger partial charge in [-0.15, -0.1) is 0 Å². The SMILES string of the molecule is Cc1c(O)[nH]c(O)c1C(=O)[C@@H](N)C(C)C. The summed E-state index contributed by atoms with van der Waals surface area (Å²) in [4.78, 5) is 14.1. The molecule has 1 aromatic rings. The van der Waals surface area contributed by atoms with Crippen molar-refractivity contribution in [2.24, 2.45) is 11.7 Å². The lowest BCUT2D eigenvalue weighted by molar-refractivity contribution is 0.0937. The van der Waals surface area contributed by atoms with E-state index in [1.165, 1.54) is 0 Å². The zero-order valence-electron chi connectivity index (χ0n) is 9.03. The topological polar surface area (TPSA) is 99.3 Å². The molecule has 1 rings (SSSR count). The number of ketones is 1. The molecule has 15 heavy (non-hydrogen) atoms. The first-order valence-electron chi connectivity index (χ1n) is 4.76. The van der Waals surface area contributed by atoms with E-state index in [1.807, 2.05) is 13.8 Å². The summed E-state index contributed by atoms with van der Waals surface area (Å²) < 4.78 is 0. The molecule has 1 aromatic heterocycles. The van der Waals surface area contributed by atoms with Crippen LogP contribution in [0, 0.1) is 12.8 Å². The summed E-state index contributed by atoms with van der Waals surface area (Å²) >= 11 is 0. The zero-order valence-corrected chi connectivity index (χ0v) is 9.03. The van der Waals surface area contributed by atoms with Crippen LogP contribution in [0.25, 0.3) is 0 Å². The van der Waals surface area contributed by atoms with Crippen molar-refractivity contribution < 1.29 is 15.0 Å². The molecule has 0 saturated heterocycles. The van der Waals surface area contributed by atoms with E-state index >= 15 is 0 Å². The fraction of sp³-hybridized carbons (Fsp3) is 0.500. The number of rotatable bonds is 3. The van der Waals surface area contributed by atoms with Gasteiger partial charge in [0.15, 0.2) is 11.7 Å². The highest BCUT2D eigenvalue weighted by Gasteiger charge is 2.26. The van der Waals surface area contributed by atoms with E-state index in [9.17, 15) is 15.0 Å². The van der Waals surface area contributed by atoms with Crippen LogP contribution < -0.4 is 5.73 Å². The monoisotopic (exact) mass is 212 g/mol. The van der Waals surface area contributed by atoms with Gasteiger partial charge in [-0.3, -0.25) is 9.78 Å². The first kappa shape index (κ1) is 11.6. The van der Waals surface area contributed by atoms with E-state index in [0.29, 0.717) is 5.56 Å². The smallest absolute Gasteiger partial charge is 0.202 e. The molecule has 0 spiro atoms. The summed E-state index contributed by atoms with van der Waals surface area (Å²) in [6, 6.07) is -0.676. The lowest BCUT2D eigenvalue weighted by Gasteiger charge is -2.13. The van der Waals surface area contributed by atoms with Crippen molar-refractivity contribution in [2.75, 3.05) is 0 Å². The van der Waals surface area contributed by atoms with Gasteiger partial charge in [-0.1, -0.05) is 13.8 Å². The third-order valence-electron chi connectivity index (χ3n) is 2.47. The van der Waals surface area contributed by atoms with Gasteiger partial charge in [0.25, 0.3) is 0 Å². The van der Waals surface area contributed by atoms with Gasteiger partial charge in [-0.05, 0) is 12.8 Å². The van der Waals surface area contributed by atoms with Crippen molar-refractivity contribution >= 4 is 5.78 Å². The number of aromatic amines is 1. The van der Waals surface area contributed by atoms with E-state index in [0.717, 1.165) is 0 Å². The number of aromatic hydroxyl groups is 2. The van der Waals surface area contributed by atoms with Crippen LogP contribution in [0.15, 0.2) is 0 Å². The highest BCUT2D eigenvalue weighted by atomic mass is 16.3. The number of aromatic nitrogens is 1. The van der Waals surface area contributed by atoms with Gasteiger partial charge >= 0.3 is 0 Å². The van der Waals surface area contributed by atoms with Gasteiger partial charge < -0.3 is 15.9 Å². The molecule has 0 aliphatic carbocycles. The summed E-state index contributed by atoms with van der Waals surface area (Å²) in [5, 5.41) is 18.7. The van der Waals surface area contributed by atoms with E-state index in [1.54, 1.807) is 6.92 Å². The minimum Gasteiger partial charge on any atom is -0.494 e. The maximum Gasteiger partial charge on any atom is 0.202 e. The standard InChI is InChI=1S/C10H16N2O3/c1-4(2)7(11)8(13)6-5(3)9(14)12-10(6)15/h4,7,12,14-15H,11H2,1-3H3/t7-/m0/s1.